The van der Waals surface area contributed by atoms with Gasteiger partial charge in [0.15, 0.2) is 0 Å². The van der Waals surface area contributed by atoms with Crippen LogP contribution in [0.4, 0.5) is 0 Å². The zero-order valence-electron chi connectivity index (χ0n) is 8.60. The van der Waals surface area contributed by atoms with Gasteiger partial charge in [-0.1, -0.05) is 6.08 Å². The van der Waals surface area contributed by atoms with Crippen molar-refractivity contribution in [1.29, 1.82) is 0 Å². The van der Waals surface area contributed by atoms with Crippen molar-refractivity contribution in [1.82, 2.24) is 9.78 Å². The zero-order valence-corrected chi connectivity index (χ0v) is 9.41. The van der Waals surface area contributed by atoms with E-state index in [9.17, 15) is 13.2 Å². The van der Waals surface area contributed by atoms with Crippen LogP contribution in [0.1, 0.15) is 12.1 Å². The van der Waals surface area contributed by atoms with E-state index in [1.807, 2.05) is 0 Å². The molecule has 84 valence electrons. The molecule has 0 aliphatic heterocycles. The minimum absolute atomic E-state index is 0.185. The maximum Gasteiger partial charge on any atom is 0.271 e. The quantitative estimate of drug-likeness (QED) is 0.717. The lowest BCUT2D eigenvalue weighted by Gasteiger charge is -2.09. The number of aromatic nitrogens is 2. The van der Waals surface area contributed by atoms with Gasteiger partial charge in [-0.3, -0.25) is 9.89 Å². The van der Waals surface area contributed by atoms with Crippen LogP contribution in [-0.4, -0.2) is 23.1 Å². The third-order valence-electron chi connectivity index (χ3n) is 2.28. The topological polar surface area (TPSA) is 71.9 Å². The maximum atomic E-state index is 11.5. The number of nitrogens with one attached hydrogen (secondary N) is 1. The van der Waals surface area contributed by atoms with Gasteiger partial charge in [-0.25, -0.2) is 4.68 Å². The lowest BCUT2D eigenvalue weighted by atomic mass is 10.1. The van der Waals surface area contributed by atoms with E-state index >= 15 is 0 Å². The number of H-pyrrole nitrogens is 1. The first-order valence-electron chi connectivity index (χ1n) is 4.69. The molecule has 1 aromatic rings. The van der Waals surface area contributed by atoms with Crippen molar-refractivity contribution in [2.75, 3.05) is 0 Å². The van der Waals surface area contributed by atoms with Crippen LogP contribution < -0.4 is 5.56 Å². The molecule has 1 aliphatic rings. The smallest absolute Gasteiger partial charge is 0.271 e. The van der Waals surface area contributed by atoms with Crippen LogP contribution in [0, 0.1) is 6.92 Å². The number of aromatic amines is 1. The first kappa shape index (κ1) is 10.7. The van der Waals surface area contributed by atoms with Gasteiger partial charge in [-0.05, 0) is 19.1 Å². The lowest BCUT2D eigenvalue weighted by molar-refractivity contribution is 0.627. The highest BCUT2D eigenvalue weighted by molar-refractivity contribution is 7.73. The van der Waals surface area contributed by atoms with Crippen molar-refractivity contribution in [3.05, 3.63) is 40.3 Å². The highest BCUT2D eigenvalue weighted by Crippen LogP contribution is 2.12. The zero-order chi connectivity index (χ0) is 11.7. The minimum Gasteiger partial charge on any atom is -0.296 e. The molecule has 0 unspecified atom stereocenters. The summed E-state index contributed by atoms with van der Waals surface area (Å²) >= 11 is 0. The van der Waals surface area contributed by atoms with Crippen LogP contribution in [0.25, 0.3) is 5.70 Å². The Morgan fingerprint density at radius 2 is 2.19 bits per heavy atom. The first-order chi connectivity index (χ1) is 7.58. The summed E-state index contributed by atoms with van der Waals surface area (Å²) in [5.41, 5.74) is 1.18. The van der Waals surface area contributed by atoms with Gasteiger partial charge in [0.2, 0.25) is 10.3 Å². The molecule has 0 spiro atoms. The van der Waals surface area contributed by atoms with E-state index in [-0.39, 0.29) is 16.8 Å². The second kappa shape index (κ2) is 3.97. The highest BCUT2D eigenvalue weighted by Gasteiger charge is 2.11. The summed E-state index contributed by atoms with van der Waals surface area (Å²) in [7, 11) is -2.24. The summed E-state index contributed by atoms with van der Waals surface area (Å²) in [6.45, 7) is 1.77. The van der Waals surface area contributed by atoms with Gasteiger partial charge < -0.3 is 0 Å². The van der Waals surface area contributed by atoms with E-state index in [1.54, 1.807) is 19.1 Å². The van der Waals surface area contributed by atoms with Crippen molar-refractivity contribution in [2.24, 2.45) is 0 Å². The minimum atomic E-state index is -2.24. The molecule has 0 fully saturated rings. The van der Waals surface area contributed by atoms with E-state index in [1.165, 1.54) is 16.8 Å². The summed E-state index contributed by atoms with van der Waals surface area (Å²) in [5, 5.41) is 2.86. The fourth-order valence-electron chi connectivity index (χ4n) is 1.56. The Morgan fingerprint density at radius 3 is 2.75 bits per heavy atom. The van der Waals surface area contributed by atoms with Crippen molar-refractivity contribution < 1.29 is 8.42 Å². The summed E-state index contributed by atoms with van der Waals surface area (Å²) < 4.78 is 23.0. The Kier molecular flexibility index (Phi) is 2.66. The predicted molar refractivity (Wildman–Crippen MR) is 61.7 cm³/mol. The molecule has 16 heavy (non-hydrogen) atoms. The fourth-order valence-corrected chi connectivity index (χ4v) is 2.01. The molecule has 1 aromatic heterocycles. The molecule has 0 bridgehead atoms. The van der Waals surface area contributed by atoms with E-state index in [2.05, 4.69) is 5.10 Å². The summed E-state index contributed by atoms with van der Waals surface area (Å²) in [6.07, 6.45) is 5.08. The summed E-state index contributed by atoms with van der Waals surface area (Å²) in [6, 6.07) is 1.47. The third kappa shape index (κ3) is 1.92. The third-order valence-corrected chi connectivity index (χ3v) is 2.98. The second-order valence-electron chi connectivity index (χ2n) is 3.51. The van der Waals surface area contributed by atoms with Crippen LogP contribution in [0.2, 0.25) is 0 Å². The van der Waals surface area contributed by atoms with E-state index in [4.69, 9.17) is 0 Å². The molecule has 0 atom stereocenters. The van der Waals surface area contributed by atoms with Gasteiger partial charge in [0.05, 0.1) is 4.86 Å². The SMILES string of the molecule is Cc1cc(=O)n(C2=CC=CC(=S(=O)=O)C2)[nH]1. The Bertz CT molecular complexity index is 663. The van der Waals surface area contributed by atoms with Crippen molar-refractivity contribution in [3.63, 3.8) is 0 Å². The van der Waals surface area contributed by atoms with Gasteiger partial charge >= 0.3 is 0 Å². The largest absolute Gasteiger partial charge is 0.296 e. The maximum absolute atomic E-state index is 11.5. The standard InChI is InChI=1S/C10H10N2O3S/c1-7-5-10(13)12(11-7)8-3-2-4-9(6-8)16(14)15/h2-5,11H,6H2,1H3. The Balaban J connectivity index is 2.49. The van der Waals surface area contributed by atoms with Crippen LogP contribution in [0.5, 0.6) is 0 Å². The predicted octanol–water partition coefficient (Wildman–Crippen LogP) is 0.337. The monoisotopic (exact) mass is 238 g/mol. The van der Waals surface area contributed by atoms with Crippen molar-refractivity contribution in [3.8, 4) is 0 Å². The van der Waals surface area contributed by atoms with Gasteiger partial charge in [0.1, 0.15) is 0 Å². The molecule has 1 aliphatic carbocycles. The molecule has 0 radical (unpaired) electrons. The first-order valence-corrected chi connectivity index (χ1v) is 5.77. The average molecular weight is 238 g/mol. The number of nitrogens with zero attached hydrogens (tertiary/aromatic N) is 1. The molecule has 0 amide bonds. The van der Waals surface area contributed by atoms with Crippen LogP contribution in [0.15, 0.2) is 29.1 Å². The summed E-state index contributed by atoms with van der Waals surface area (Å²) in [5.74, 6) is 0. The van der Waals surface area contributed by atoms with Gasteiger partial charge in [-0.15, -0.1) is 0 Å². The molecule has 0 saturated carbocycles. The Labute approximate surface area is 93.2 Å². The van der Waals surface area contributed by atoms with Crippen molar-refractivity contribution >= 4 is 20.9 Å². The molecule has 0 aromatic carbocycles. The Hall–Kier alpha value is -1.82. The van der Waals surface area contributed by atoms with E-state index < -0.39 is 10.3 Å². The molecule has 1 heterocycles. The molecule has 0 saturated heterocycles. The average Bonchev–Trinajstić information content (AvgIpc) is 2.58. The van der Waals surface area contributed by atoms with Gasteiger partial charge in [0.25, 0.3) is 5.56 Å². The lowest BCUT2D eigenvalue weighted by Crippen LogP contribution is -2.18. The molecule has 6 heteroatoms. The number of hydrogen-bond acceptors (Lipinski definition) is 3. The number of hydrogen-bond donors (Lipinski definition) is 1. The number of allylic oxidation sites excluding steroid dienone is 4. The molecular formula is C10H10N2O3S. The molecule has 2 rings (SSSR count). The second-order valence-corrected chi connectivity index (χ2v) is 4.50. The highest BCUT2D eigenvalue weighted by atomic mass is 32.2. The fraction of sp³-hybridized carbons (Fsp3) is 0.200. The molecule has 5 nitrogen and oxygen atoms in total. The Morgan fingerprint density at radius 1 is 1.44 bits per heavy atom. The molecule has 1 N–H and O–H groups in total. The van der Waals surface area contributed by atoms with Crippen LogP contribution in [-0.2, 0) is 10.3 Å². The van der Waals surface area contributed by atoms with Gasteiger partial charge in [-0.2, -0.15) is 8.42 Å². The summed E-state index contributed by atoms with van der Waals surface area (Å²) in [4.78, 5) is 11.8. The van der Waals surface area contributed by atoms with Gasteiger partial charge in [0, 0.05) is 23.9 Å². The molecular weight excluding hydrogens is 228 g/mol. The normalized spacial score (nSPS) is 15.1. The number of aryl methyl sites for hydroxylation is 1. The van der Waals surface area contributed by atoms with Crippen molar-refractivity contribution in [2.45, 2.75) is 13.3 Å². The van der Waals surface area contributed by atoms with E-state index in [0.717, 1.165) is 5.69 Å². The van der Waals surface area contributed by atoms with E-state index in [0.29, 0.717) is 5.70 Å². The number of rotatable bonds is 1. The van der Waals surface area contributed by atoms with Crippen LogP contribution in [0.3, 0.4) is 0 Å². The van der Waals surface area contributed by atoms with Crippen LogP contribution >= 0.6 is 0 Å².